The summed E-state index contributed by atoms with van der Waals surface area (Å²) >= 11 is 2.07. The predicted octanol–water partition coefficient (Wildman–Crippen LogP) is 3.66. The molecule has 0 radical (unpaired) electrons. The molecule has 2 aliphatic heterocycles. The number of rotatable bonds is 6. The number of nitrogens with zero attached hydrogens (tertiary/aromatic N) is 3. The third-order valence-corrected chi connectivity index (χ3v) is 6.12. The van der Waals surface area contributed by atoms with Gasteiger partial charge in [0.25, 0.3) is 0 Å². The summed E-state index contributed by atoms with van der Waals surface area (Å²) in [5, 5.41) is 3.57. The minimum absolute atomic E-state index is 0. The van der Waals surface area contributed by atoms with Gasteiger partial charge in [0, 0.05) is 37.2 Å². The molecule has 0 aliphatic carbocycles. The van der Waals surface area contributed by atoms with Gasteiger partial charge < -0.3 is 15.1 Å². The Morgan fingerprint density at radius 2 is 1.83 bits per heavy atom. The molecule has 6 heteroatoms. The van der Waals surface area contributed by atoms with Gasteiger partial charge in [-0.25, -0.2) is 0 Å². The molecule has 2 heterocycles. The normalized spacial score (nSPS) is 22.1. The minimum atomic E-state index is 0. The van der Waals surface area contributed by atoms with Crippen LogP contribution in [0.4, 0.5) is 0 Å². The summed E-state index contributed by atoms with van der Waals surface area (Å²) in [5.74, 6) is 2.29. The zero-order chi connectivity index (χ0) is 16.5. The fourth-order valence-corrected chi connectivity index (χ4v) is 4.66. The summed E-state index contributed by atoms with van der Waals surface area (Å²) in [6.07, 6.45) is 8.16. The zero-order valence-electron chi connectivity index (χ0n) is 15.9. The number of unbranched alkanes of at least 4 members (excludes halogenated alkanes) is 2. The van der Waals surface area contributed by atoms with Crippen LogP contribution in [-0.2, 0) is 0 Å². The van der Waals surface area contributed by atoms with E-state index >= 15 is 0 Å². The molecular weight excluding hydrogens is 431 g/mol. The molecule has 2 aliphatic rings. The lowest BCUT2D eigenvalue weighted by Gasteiger charge is -2.39. The Kier molecular flexibility index (Phi) is 11.0. The molecule has 0 unspecified atom stereocenters. The molecule has 1 N–H and O–H groups in total. The molecule has 0 saturated carbocycles. The number of guanidine groups is 1. The number of aliphatic imine (C=N–C) groups is 1. The van der Waals surface area contributed by atoms with Crippen molar-refractivity contribution in [1.82, 2.24) is 15.1 Å². The highest BCUT2D eigenvalue weighted by Gasteiger charge is 2.28. The zero-order valence-corrected chi connectivity index (χ0v) is 19.0. The standard InChI is InChI=1S/C18H36N4S.HI/c1-18(2)16-22(14-15-23-18)17(19-3)20-10-6-4-7-11-21-12-8-5-9-13-21;/h4-16H2,1-3H3,(H,19,20);1H. The van der Waals surface area contributed by atoms with Crippen molar-refractivity contribution in [3.63, 3.8) is 0 Å². The molecule has 4 nitrogen and oxygen atoms in total. The Labute approximate surface area is 170 Å². The van der Waals surface area contributed by atoms with Crippen LogP contribution in [0, 0.1) is 0 Å². The van der Waals surface area contributed by atoms with Crippen LogP contribution in [0.15, 0.2) is 4.99 Å². The largest absolute Gasteiger partial charge is 0.356 e. The smallest absolute Gasteiger partial charge is 0.193 e. The minimum Gasteiger partial charge on any atom is -0.356 e. The maximum absolute atomic E-state index is 4.48. The van der Waals surface area contributed by atoms with E-state index in [1.807, 2.05) is 7.05 Å². The van der Waals surface area contributed by atoms with Gasteiger partial charge in [-0.05, 0) is 59.2 Å². The first kappa shape index (κ1) is 22.4. The summed E-state index contributed by atoms with van der Waals surface area (Å²) < 4.78 is 0.338. The molecule has 2 rings (SSSR count). The molecule has 2 saturated heterocycles. The Morgan fingerprint density at radius 1 is 1.08 bits per heavy atom. The second-order valence-electron chi connectivity index (χ2n) is 7.47. The third kappa shape index (κ3) is 8.13. The molecule has 0 aromatic heterocycles. The number of likely N-dealkylation sites (tertiary alicyclic amines) is 1. The highest BCUT2D eigenvalue weighted by Crippen LogP contribution is 2.29. The average molecular weight is 468 g/mol. The highest BCUT2D eigenvalue weighted by molar-refractivity contribution is 14.0. The Morgan fingerprint density at radius 3 is 2.50 bits per heavy atom. The van der Waals surface area contributed by atoms with Crippen molar-refractivity contribution in [3.05, 3.63) is 0 Å². The molecule has 142 valence electrons. The fraction of sp³-hybridized carbons (Fsp3) is 0.944. The molecule has 0 atom stereocenters. The van der Waals surface area contributed by atoms with Crippen molar-refractivity contribution in [2.45, 2.75) is 57.1 Å². The summed E-state index contributed by atoms with van der Waals surface area (Å²) in [7, 11) is 1.91. The SMILES string of the molecule is CN=C(NCCCCCN1CCCCC1)N1CCSC(C)(C)C1.I. The van der Waals surface area contributed by atoms with Crippen LogP contribution in [0.1, 0.15) is 52.4 Å². The van der Waals surface area contributed by atoms with E-state index in [2.05, 4.69) is 45.7 Å². The van der Waals surface area contributed by atoms with Gasteiger partial charge in [0.15, 0.2) is 5.96 Å². The third-order valence-electron chi connectivity index (χ3n) is 4.82. The molecule has 0 spiro atoms. The van der Waals surface area contributed by atoms with E-state index in [0.29, 0.717) is 4.75 Å². The van der Waals surface area contributed by atoms with Gasteiger partial charge >= 0.3 is 0 Å². The second kappa shape index (κ2) is 11.8. The maximum Gasteiger partial charge on any atom is 0.193 e. The molecule has 24 heavy (non-hydrogen) atoms. The molecule has 0 amide bonds. The van der Waals surface area contributed by atoms with Crippen molar-refractivity contribution in [3.8, 4) is 0 Å². The van der Waals surface area contributed by atoms with E-state index in [-0.39, 0.29) is 24.0 Å². The Hall–Kier alpha value is 0.310. The summed E-state index contributed by atoms with van der Waals surface area (Å²) in [5.41, 5.74) is 0. The first-order chi connectivity index (χ1) is 11.1. The molecule has 0 bridgehead atoms. The van der Waals surface area contributed by atoms with Gasteiger partial charge in [0.05, 0.1) is 0 Å². The van der Waals surface area contributed by atoms with E-state index in [0.717, 1.165) is 25.6 Å². The number of thioether (sulfide) groups is 1. The summed E-state index contributed by atoms with van der Waals surface area (Å²) in [6.45, 7) is 11.9. The van der Waals surface area contributed by atoms with Gasteiger partial charge in [-0.1, -0.05) is 12.8 Å². The van der Waals surface area contributed by atoms with Gasteiger partial charge in [0.1, 0.15) is 0 Å². The van der Waals surface area contributed by atoms with Crippen LogP contribution >= 0.6 is 35.7 Å². The van der Waals surface area contributed by atoms with Gasteiger partial charge in [0.2, 0.25) is 0 Å². The van der Waals surface area contributed by atoms with Crippen molar-refractivity contribution in [2.75, 3.05) is 52.1 Å². The van der Waals surface area contributed by atoms with E-state index in [1.54, 1.807) is 0 Å². The molecule has 0 aromatic rings. The first-order valence-corrected chi connectivity index (χ1v) is 10.4. The number of nitrogens with one attached hydrogen (secondary N) is 1. The Balaban J connectivity index is 0.00000288. The first-order valence-electron chi connectivity index (χ1n) is 9.43. The van der Waals surface area contributed by atoms with Gasteiger partial charge in [-0.15, -0.1) is 24.0 Å². The molecule has 0 aromatic carbocycles. The second-order valence-corrected chi connectivity index (χ2v) is 9.27. The maximum atomic E-state index is 4.48. The number of hydrogen-bond donors (Lipinski definition) is 1. The van der Waals surface area contributed by atoms with Gasteiger partial charge in [-0.2, -0.15) is 11.8 Å². The fourth-order valence-electron chi connectivity index (χ4n) is 3.55. The average Bonchev–Trinajstić information content (AvgIpc) is 2.54. The van der Waals surface area contributed by atoms with Crippen molar-refractivity contribution >= 4 is 41.7 Å². The lowest BCUT2D eigenvalue weighted by atomic mass is 10.1. The number of hydrogen-bond acceptors (Lipinski definition) is 3. The van der Waals surface area contributed by atoms with Crippen LogP contribution < -0.4 is 5.32 Å². The molecular formula is C18H37IN4S. The summed E-state index contributed by atoms with van der Waals surface area (Å²) in [4.78, 5) is 9.55. The monoisotopic (exact) mass is 468 g/mol. The lowest BCUT2D eigenvalue weighted by molar-refractivity contribution is 0.224. The van der Waals surface area contributed by atoms with Crippen LogP contribution in [0.2, 0.25) is 0 Å². The lowest BCUT2D eigenvalue weighted by Crippen LogP contribution is -2.51. The summed E-state index contributed by atoms with van der Waals surface area (Å²) in [6, 6.07) is 0. The number of piperidine rings is 1. The van der Waals surface area contributed by atoms with Crippen LogP contribution in [0.25, 0.3) is 0 Å². The van der Waals surface area contributed by atoms with E-state index < -0.39 is 0 Å². The van der Waals surface area contributed by atoms with E-state index in [4.69, 9.17) is 0 Å². The van der Waals surface area contributed by atoms with E-state index in [1.165, 1.54) is 63.9 Å². The molecule has 2 fully saturated rings. The van der Waals surface area contributed by atoms with Crippen LogP contribution in [0.5, 0.6) is 0 Å². The van der Waals surface area contributed by atoms with Crippen molar-refractivity contribution in [1.29, 1.82) is 0 Å². The quantitative estimate of drug-likeness (QED) is 0.279. The van der Waals surface area contributed by atoms with E-state index in [9.17, 15) is 0 Å². The van der Waals surface area contributed by atoms with Crippen molar-refractivity contribution in [2.24, 2.45) is 4.99 Å². The Bertz CT molecular complexity index is 370. The van der Waals surface area contributed by atoms with Gasteiger partial charge in [-0.3, -0.25) is 4.99 Å². The van der Waals surface area contributed by atoms with Crippen molar-refractivity contribution < 1.29 is 0 Å². The highest BCUT2D eigenvalue weighted by atomic mass is 127. The van der Waals surface area contributed by atoms with Crippen LogP contribution in [-0.4, -0.2) is 72.6 Å². The number of halogens is 1. The predicted molar refractivity (Wildman–Crippen MR) is 119 cm³/mol. The topological polar surface area (TPSA) is 30.9 Å². The van der Waals surface area contributed by atoms with Crippen LogP contribution in [0.3, 0.4) is 0 Å².